The molecular formula is C13H14N4O3. The van der Waals surface area contributed by atoms with E-state index in [1.54, 1.807) is 18.3 Å². The zero-order valence-electron chi connectivity index (χ0n) is 10.8. The van der Waals surface area contributed by atoms with Crippen molar-refractivity contribution in [2.24, 2.45) is 5.16 Å². The lowest BCUT2D eigenvalue weighted by Crippen LogP contribution is -2.39. The highest BCUT2D eigenvalue weighted by molar-refractivity contribution is 5.86. The molecular weight excluding hydrogens is 260 g/mol. The first-order valence-corrected chi connectivity index (χ1v) is 6.33. The van der Waals surface area contributed by atoms with Gasteiger partial charge in [0, 0.05) is 19.3 Å². The number of nitrogens with zero attached hydrogens (tertiary/aromatic N) is 4. The first-order valence-electron chi connectivity index (χ1n) is 6.33. The summed E-state index contributed by atoms with van der Waals surface area (Å²) in [5.74, 6) is 0.530. The molecule has 0 atom stereocenters. The molecule has 20 heavy (non-hydrogen) atoms. The van der Waals surface area contributed by atoms with Crippen LogP contribution in [0, 0.1) is 0 Å². The van der Waals surface area contributed by atoms with Crippen molar-refractivity contribution in [2.45, 2.75) is 0 Å². The van der Waals surface area contributed by atoms with Crippen molar-refractivity contribution in [2.75, 3.05) is 31.2 Å². The van der Waals surface area contributed by atoms with Crippen LogP contribution in [0.2, 0.25) is 0 Å². The highest BCUT2D eigenvalue weighted by Crippen LogP contribution is 2.16. The Morgan fingerprint density at radius 1 is 1.35 bits per heavy atom. The van der Waals surface area contributed by atoms with Crippen LogP contribution < -0.4 is 10.5 Å². The number of pyridine rings is 1. The minimum absolute atomic E-state index is 0.255. The number of ether oxygens (including phenoxy) is 1. The summed E-state index contributed by atoms with van der Waals surface area (Å²) in [4.78, 5) is 18.9. The number of hydrogen-bond acceptors (Lipinski definition) is 6. The van der Waals surface area contributed by atoms with Crippen molar-refractivity contribution in [3.63, 3.8) is 0 Å². The van der Waals surface area contributed by atoms with Gasteiger partial charge in [0.15, 0.2) is 0 Å². The van der Waals surface area contributed by atoms with E-state index in [1.807, 2.05) is 11.0 Å². The van der Waals surface area contributed by atoms with Crippen molar-refractivity contribution >= 4 is 17.7 Å². The van der Waals surface area contributed by atoms with Gasteiger partial charge in [-0.1, -0.05) is 11.2 Å². The topological polar surface area (TPSA) is 79.4 Å². The molecule has 0 aliphatic carbocycles. The van der Waals surface area contributed by atoms with E-state index in [9.17, 15) is 4.79 Å². The second-order valence-electron chi connectivity index (χ2n) is 4.43. The van der Waals surface area contributed by atoms with Gasteiger partial charge in [-0.3, -0.25) is 9.20 Å². The molecule has 2 aromatic rings. The SMILES string of the molecule is O=c1c(/C=N/O)c(N2CCOCC2)nc2ccccn12. The van der Waals surface area contributed by atoms with Crippen LogP contribution in [0.3, 0.4) is 0 Å². The number of aromatic nitrogens is 2. The summed E-state index contributed by atoms with van der Waals surface area (Å²) < 4.78 is 6.73. The monoisotopic (exact) mass is 274 g/mol. The van der Waals surface area contributed by atoms with E-state index in [0.717, 1.165) is 6.21 Å². The number of fused-ring (bicyclic) bond motifs is 1. The lowest BCUT2D eigenvalue weighted by atomic mass is 10.2. The molecule has 0 radical (unpaired) electrons. The molecule has 1 fully saturated rings. The molecule has 0 unspecified atom stereocenters. The van der Waals surface area contributed by atoms with Crippen molar-refractivity contribution in [1.82, 2.24) is 9.38 Å². The van der Waals surface area contributed by atoms with E-state index in [1.165, 1.54) is 4.40 Å². The predicted octanol–water partition coefficient (Wildman–Crippen LogP) is 0.339. The van der Waals surface area contributed by atoms with Gasteiger partial charge in [0.25, 0.3) is 5.56 Å². The Bertz CT molecular complexity index is 704. The smallest absolute Gasteiger partial charge is 0.268 e. The number of anilines is 1. The highest BCUT2D eigenvalue weighted by atomic mass is 16.5. The van der Waals surface area contributed by atoms with Gasteiger partial charge in [0.1, 0.15) is 17.0 Å². The quantitative estimate of drug-likeness (QED) is 0.485. The highest BCUT2D eigenvalue weighted by Gasteiger charge is 2.19. The Labute approximate surface area is 114 Å². The van der Waals surface area contributed by atoms with Crippen LogP contribution >= 0.6 is 0 Å². The molecule has 3 rings (SSSR count). The van der Waals surface area contributed by atoms with Gasteiger partial charge in [0.05, 0.1) is 19.4 Å². The maximum Gasteiger partial charge on any atom is 0.268 e. The fraction of sp³-hybridized carbons (Fsp3) is 0.308. The van der Waals surface area contributed by atoms with Gasteiger partial charge in [-0.05, 0) is 12.1 Å². The van der Waals surface area contributed by atoms with E-state index in [0.29, 0.717) is 37.8 Å². The van der Waals surface area contributed by atoms with Crippen molar-refractivity contribution in [3.05, 3.63) is 40.3 Å². The molecule has 7 nitrogen and oxygen atoms in total. The molecule has 104 valence electrons. The van der Waals surface area contributed by atoms with Crippen molar-refractivity contribution < 1.29 is 9.94 Å². The Morgan fingerprint density at radius 3 is 2.90 bits per heavy atom. The molecule has 0 aromatic carbocycles. The third-order valence-corrected chi connectivity index (χ3v) is 3.25. The lowest BCUT2D eigenvalue weighted by Gasteiger charge is -2.28. The third kappa shape index (κ3) is 2.12. The summed E-state index contributed by atoms with van der Waals surface area (Å²) >= 11 is 0. The number of morpholine rings is 1. The van der Waals surface area contributed by atoms with E-state index in [-0.39, 0.29) is 11.1 Å². The average Bonchev–Trinajstić information content (AvgIpc) is 2.51. The summed E-state index contributed by atoms with van der Waals surface area (Å²) in [5, 5.41) is 11.8. The first-order chi connectivity index (χ1) is 9.81. The van der Waals surface area contributed by atoms with E-state index in [4.69, 9.17) is 9.94 Å². The maximum absolute atomic E-state index is 12.4. The maximum atomic E-state index is 12.4. The standard InChI is InChI=1S/C13H14N4O3/c18-13-10(9-14-19)12(16-5-7-20-8-6-16)15-11-3-1-2-4-17(11)13/h1-4,9,19H,5-8H2/b14-9+. The molecule has 1 saturated heterocycles. The molecule has 0 bridgehead atoms. The van der Waals surface area contributed by atoms with Crippen LogP contribution in [0.4, 0.5) is 5.82 Å². The molecule has 1 aliphatic heterocycles. The predicted molar refractivity (Wildman–Crippen MR) is 73.9 cm³/mol. The zero-order valence-corrected chi connectivity index (χ0v) is 10.8. The molecule has 2 aromatic heterocycles. The van der Waals surface area contributed by atoms with E-state index in [2.05, 4.69) is 10.1 Å². The van der Waals surface area contributed by atoms with Crippen LogP contribution in [0.15, 0.2) is 34.3 Å². The van der Waals surface area contributed by atoms with Gasteiger partial charge < -0.3 is 14.8 Å². The van der Waals surface area contributed by atoms with Crippen molar-refractivity contribution in [1.29, 1.82) is 0 Å². The third-order valence-electron chi connectivity index (χ3n) is 3.25. The molecule has 0 saturated carbocycles. The molecule has 0 amide bonds. The zero-order chi connectivity index (χ0) is 13.9. The normalized spacial score (nSPS) is 16.1. The Hall–Kier alpha value is -2.41. The number of rotatable bonds is 2. The lowest BCUT2D eigenvalue weighted by molar-refractivity contribution is 0.122. The second kappa shape index (κ2) is 5.30. The fourth-order valence-corrected chi connectivity index (χ4v) is 2.28. The molecule has 0 spiro atoms. The number of hydrogen-bond donors (Lipinski definition) is 1. The summed E-state index contributed by atoms with van der Waals surface area (Å²) in [7, 11) is 0. The van der Waals surface area contributed by atoms with Gasteiger partial charge in [-0.25, -0.2) is 4.98 Å². The Kier molecular flexibility index (Phi) is 3.34. The van der Waals surface area contributed by atoms with Gasteiger partial charge >= 0.3 is 0 Å². The summed E-state index contributed by atoms with van der Waals surface area (Å²) in [6, 6.07) is 5.35. The van der Waals surface area contributed by atoms with Crippen LogP contribution in [0.5, 0.6) is 0 Å². The summed E-state index contributed by atoms with van der Waals surface area (Å²) in [6.45, 7) is 2.49. The average molecular weight is 274 g/mol. The largest absolute Gasteiger partial charge is 0.411 e. The fourth-order valence-electron chi connectivity index (χ4n) is 2.28. The molecule has 1 N–H and O–H groups in total. The van der Waals surface area contributed by atoms with Gasteiger partial charge in [0.2, 0.25) is 0 Å². The Balaban J connectivity index is 2.23. The van der Waals surface area contributed by atoms with Gasteiger partial charge in [-0.2, -0.15) is 0 Å². The molecule has 3 heterocycles. The first kappa shape index (κ1) is 12.6. The summed E-state index contributed by atoms with van der Waals surface area (Å²) in [6.07, 6.45) is 2.78. The molecule has 1 aliphatic rings. The minimum atomic E-state index is -0.255. The van der Waals surface area contributed by atoms with E-state index >= 15 is 0 Å². The van der Waals surface area contributed by atoms with Gasteiger partial charge in [-0.15, -0.1) is 0 Å². The molecule has 7 heteroatoms. The number of oxime groups is 1. The Morgan fingerprint density at radius 2 is 2.15 bits per heavy atom. The van der Waals surface area contributed by atoms with Crippen LogP contribution in [-0.4, -0.2) is 47.1 Å². The van der Waals surface area contributed by atoms with Crippen LogP contribution in [-0.2, 0) is 4.74 Å². The second-order valence-corrected chi connectivity index (χ2v) is 4.43. The minimum Gasteiger partial charge on any atom is -0.411 e. The van der Waals surface area contributed by atoms with Crippen LogP contribution in [0.25, 0.3) is 5.65 Å². The van der Waals surface area contributed by atoms with E-state index < -0.39 is 0 Å². The van der Waals surface area contributed by atoms with Crippen LogP contribution in [0.1, 0.15) is 5.56 Å². The van der Waals surface area contributed by atoms with Crippen molar-refractivity contribution in [3.8, 4) is 0 Å². The summed E-state index contributed by atoms with van der Waals surface area (Å²) in [5.41, 5.74) is 0.585.